The van der Waals surface area contributed by atoms with Crippen molar-refractivity contribution in [2.45, 2.75) is 13.8 Å². The second-order valence-electron chi connectivity index (χ2n) is 3.74. The lowest BCUT2D eigenvalue weighted by Crippen LogP contribution is -2.03. The molecule has 0 aliphatic heterocycles. The van der Waals surface area contributed by atoms with Gasteiger partial charge < -0.3 is 19.0 Å². The highest BCUT2D eigenvalue weighted by atomic mass is 16.5. The first-order chi connectivity index (χ1) is 8.61. The highest BCUT2D eigenvalue weighted by Crippen LogP contribution is 2.45. The molecule has 18 heavy (non-hydrogen) atoms. The fraction of sp³-hybridized carbons (Fsp3) is 0.308. The van der Waals surface area contributed by atoms with Gasteiger partial charge in [-0.1, -0.05) is 0 Å². The summed E-state index contributed by atoms with van der Waals surface area (Å²) in [5.41, 5.74) is 0.478. The molecule has 5 heteroatoms. The molecule has 0 radical (unpaired) electrons. The van der Waals surface area contributed by atoms with E-state index in [0.29, 0.717) is 23.3 Å². The van der Waals surface area contributed by atoms with Crippen molar-refractivity contribution in [2.75, 3.05) is 13.7 Å². The topological polar surface area (TPSA) is 68.9 Å². The molecule has 0 bridgehead atoms. The summed E-state index contributed by atoms with van der Waals surface area (Å²) < 4.78 is 15.8. The van der Waals surface area contributed by atoms with Crippen LogP contribution in [-0.2, 0) is 0 Å². The maximum Gasteiger partial charge on any atom is 0.205 e. The molecular weight excluding hydrogens is 236 g/mol. The number of carbonyl (C=O) groups excluding carboxylic acids is 1. The minimum atomic E-state index is -0.294. The van der Waals surface area contributed by atoms with E-state index in [1.54, 1.807) is 13.0 Å². The van der Waals surface area contributed by atoms with E-state index in [2.05, 4.69) is 0 Å². The predicted molar refractivity (Wildman–Crippen MR) is 65.6 cm³/mol. The molecule has 0 amide bonds. The number of ether oxygens (including phenoxy) is 2. The molecule has 0 aliphatic carbocycles. The molecular formula is C13H14O5. The van der Waals surface area contributed by atoms with Gasteiger partial charge in [-0.05, 0) is 19.9 Å². The quantitative estimate of drug-likeness (QED) is 0.845. The summed E-state index contributed by atoms with van der Waals surface area (Å²) in [6.45, 7) is 3.55. The fourth-order valence-electron chi connectivity index (χ4n) is 1.94. The number of hydrogen-bond acceptors (Lipinski definition) is 5. The molecule has 0 saturated heterocycles. The Morgan fingerprint density at radius 2 is 2.17 bits per heavy atom. The third-order valence-corrected chi connectivity index (χ3v) is 2.64. The molecule has 2 aromatic rings. The molecule has 0 atom stereocenters. The third-order valence-electron chi connectivity index (χ3n) is 2.64. The number of phenolic OH excluding ortho intramolecular Hbond substituents is 1. The second kappa shape index (κ2) is 4.60. The summed E-state index contributed by atoms with van der Waals surface area (Å²) in [6.07, 6.45) is 1.46. The smallest absolute Gasteiger partial charge is 0.205 e. The van der Waals surface area contributed by atoms with E-state index in [4.69, 9.17) is 13.9 Å². The maximum atomic E-state index is 11.7. The Bertz CT molecular complexity index is 597. The van der Waals surface area contributed by atoms with Crippen LogP contribution >= 0.6 is 0 Å². The number of hydrogen-bond donors (Lipinski definition) is 1. The zero-order chi connectivity index (χ0) is 13.3. The highest BCUT2D eigenvalue weighted by molar-refractivity contribution is 6.08. The van der Waals surface area contributed by atoms with Crippen molar-refractivity contribution in [2.24, 2.45) is 0 Å². The van der Waals surface area contributed by atoms with Crippen LogP contribution in [0.15, 0.2) is 16.7 Å². The number of ketones is 1. The van der Waals surface area contributed by atoms with Crippen LogP contribution in [0.3, 0.4) is 0 Å². The van der Waals surface area contributed by atoms with Crippen LogP contribution in [0.4, 0.5) is 0 Å². The van der Waals surface area contributed by atoms with E-state index in [-0.39, 0.29) is 22.8 Å². The first-order valence-electron chi connectivity index (χ1n) is 5.55. The number of methoxy groups -OCH3 is 1. The Balaban J connectivity index is 2.89. The molecule has 1 heterocycles. The number of carbonyl (C=O) groups is 1. The van der Waals surface area contributed by atoms with Gasteiger partial charge in [0.25, 0.3) is 0 Å². The Labute approximate surface area is 104 Å². The summed E-state index contributed by atoms with van der Waals surface area (Å²) in [4.78, 5) is 11.7. The van der Waals surface area contributed by atoms with Gasteiger partial charge in [-0.15, -0.1) is 0 Å². The Hall–Kier alpha value is -2.17. The monoisotopic (exact) mass is 250 g/mol. The maximum absolute atomic E-state index is 11.7. The molecule has 96 valence electrons. The number of phenols is 1. The van der Waals surface area contributed by atoms with Gasteiger partial charge >= 0.3 is 0 Å². The molecule has 0 saturated carbocycles. The van der Waals surface area contributed by atoms with Gasteiger partial charge in [0.1, 0.15) is 11.3 Å². The van der Waals surface area contributed by atoms with E-state index in [1.807, 2.05) is 0 Å². The standard InChI is InChI=1S/C13H14O5/c1-4-17-11-8-5-6-18-12(8)13(16-3)10(15)9(11)7(2)14/h5-6,15H,4H2,1-3H3. The van der Waals surface area contributed by atoms with Crippen LogP contribution in [0, 0.1) is 0 Å². The van der Waals surface area contributed by atoms with E-state index in [1.165, 1.54) is 20.3 Å². The van der Waals surface area contributed by atoms with E-state index >= 15 is 0 Å². The third kappa shape index (κ3) is 1.68. The summed E-state index contributed by atoms with van der Waals surface area (Å²) in [5.74, 6) is -0.0797. The lowest BCUT2D eigenvalue weighted by molar-refractivity contribution is 0.101. The SMILES string of the molecule is CCOc1c(C(C)=O)c(O)c(OC)c2occc12. The molecule has 0 unspecified atom stereocenters. The Kier molecular flexibility index (Phi) is 3.14. The molecule has 1 aromatic heterocycles. The fourth-order valence-corrected chi connectivity index (χ4v) is 1.94. The summed E-state index contributed by atoms with van der Waals surface area (Å²) in [7, 11) is 1.40. The van der Waals surface area contributed by atoms with Crippen LogP contribution in [0.25, 0.3) is 11.0 Å². The summed E-state index contributed by atoms with van der Waals surface area (Å²) in [6, 6.07) is 1.68. The second-order valence-corrected chi connectivity index (χ2v) is 3.74. The number of Topliss-reactive ketones (excluding diaryl/α,β-unsaturated/α-hetero) is 1. The van der Waals surface area contributed by atoms with Crippen molar-refractivity contribution in [3.05, 3.63) is 17.9 Å². The number of furan rings is 1. The number of aromatic hydroxyl groups is 1. The normalized spacial score (nSPS) is 10.6. The first kappa shape index (κ1) is 12.3. The lowest BCUT2D eigenvalue weighted by atomic mass is 10.0. The van der Waals surface area contributed by atoms with Crippen LogP contribution in [0.2, 0.25) is 0 Å². The number of fused-ring (bicyclic) bond motifs is 1. The van der Waals surface area contributed by atoms with Crippen LogP contribution in [-0.4, -0.2) is 24.6 Å². The number of benzene rings is 1. The Morgan fingerprint density at radius 3 is 2.72 bits per heavy atom. The van der Waals surface area contributed by atoms with E-state index in [9.17, 15) is 9.90 Å². The molecule has 2 rings (SSSR count). The zero-order valence-corrected chi connectivity index (χ0v) is 10.4. The van der Waals surface area contributed by atoms with E-state index in [0.717, 1.165) is 0 Å². The molecule has 1 aromatic carbocycles. The average Bonchev–Trinajstić information content (AvgIpc) is 2.78. The van der Waals surface area contributed by atoms with E-state index < -0.39 is 0 Å². The van der Waals surface area contributed by atoms with Crippen molar-refractivity contribution in [1.29, 1.82) is 0 Å². The zero-order valence-electron chi connectivity index (χ0n) is 10.4. The predicted octanol–water partition coefficient (Wildman–Crippen LogP) is 2.75. The van der Waals surface area contributed by atoms with Crippen molar-refractivity contribution in [3.8, 4) is 17.2 Å². The molecule has 0 aliphatic rings. The van der Waals surface area contributed by atoms with Gasteiger partial charge in [0, 0.05) is 0 Å². The van der Waals surface area contributed by atoms with Crippen molar-refractivity contribution in [3.63, 3.8) is 0 Å². The van der Waals surface area contributed by atoms with Gasteiger partial charge in [-0.2, -0.15) is 0 Å². The van der Waals surface area contributed by atoms with Crippen LogP contribution in [0.1, 0.15) is 24.2 Å². The summed E-state index contributed by atoms with van der Waals surface area (Å²) >= 11 is 0. The van der Waals surface area contributed by atoms with Crippen molar-refractivity contribution >= 4 is 16.8 Å². The van der Waals surface area contributed by atoms with Gasteiger partial charge in [0.15, 0.2) is 17.1 Å². The Morgan fingerprint density at radius 1 is 1.44 bits per heavy atom. The largest absolute Gasteiger partial charge is 0.504 e. The molecule has 5 nitrogen and oxygen atoms in total. The van der Waals surface area contributed by atoms with Gasteiger partial charge in [0.05, 0.1) is 25.4 Å². The van der Waals surface area contributed by atoms with Gasteiger partial charge in [-0.3, -0.25) is 4.79 Å². The van der Waals surface area contributed by atoms with Crippen molar-refractivity contribution < 1.29 is 23.8 Å². The van der Waals surface area contributed by atoms with Crippen LogP contribution < -0.4 is 9.47 Å². The number of rotatable bonds is 4. The van der Waals surface area contributed by atoms with Crippen LogP contribution in [0.5, 0.6) is 17.2 Å². The lowest BCUT2D eigenvalue weighted by Gasteiger charge is -2.13. The molecule has 1 N–H and O–H groups in total. The molecule has 0 fully saturated rings. The minimum Gasteiger partial charge on any atom is -0.504 e. The van der Waals surface area contributed by atoms with Crippen molar-refractivity contribution in [1.82, 2.24) is 0 Å². The molecule has 0 spiro atoms. The average molecular weight is 250 g/mol. The first-order valence-corrected chi connectivity index (χ1v) is 5.55. The van der Waals surface area contributed by atoms with Gasteiger partial charge in [-0.25, -0.2) is 0 Å². The van der Waals surface area contributed by atoms with Gasteiger partial charge in [0.2, 0.25) is 5.75 Å². The summed E-state index contributed by atoms with van der Waals surface area (Å²) in [5, 5.41) is 10.7. The highest BCUT2D eigenvalue weighted by Gasteiger charge is 2.25. The minimum absolute atomic E-state index is 0.114.